The van der Waals surface area contributed by atoms with Crippen LogP contribution in [0.15, 0.2) is 126 Å². The number of aromatic nitrogens is 2. The predicted molar refractivity (Wildman–Crippen MR) is 205 cm³/mol. The summed E-state index contributed by atoms with van der Waals surface area (Å²) in [6.45, 7) is 3.64. The molecule has 2 aliphatic carbocycles. The molecule has 0 spiro atoms. The van der Waals surface area contributed by atoms with E-state index in [9.17, 15) is 13.2 Å². The van der Waals surface area contributed by atoms with Crippen molar-refractivity contribution >= 4 is 15.8 Å². The zero-order valence-corrected chi connectivity index (χ0v) is 31.2. The van der Waals surface area contributed by atoms with Crippen LogP contribution in [0, 0.1) is 5.92 Å². The van der Waals surface area contributed by atoms with Gasteiger partial charge in [-0.05, 0) is 78.2 Å². The van der Waals surface area contributed by atoms with Gasteiger partial charge in [-0.2, -0.15) is 0 Å². The molecule has 7 heteroatoms. The number of benzene rings is 4. The van der Waals surface area contributed by atoms with Crippen molar-refractivity contribution in [3.63, 3.8) is 0 Å². The normalized spacial score (nSPS) is 16.0. The van der Waals surface area contributed by atoms with E-state index in [0.717, 1.165) is 73.6 Å². The fourth-order valence-electron chi connectivity index (χ4n) is 8.66. The van der Waals surface area contributed by atoms with Crippen LogP contribution < -0.4 is 4.74 Å². The minimum atomic E-state index is -4.13. The summed E-state index contributed by atoms with van der Waals surface area (Å²) in [6.07, 6.45) is 15.4. The van der Waals surface area contributed by atoms with E-state index in [4.69, 9.17) is 4.74 Å². The summed E-state index contributed by atoms with van der Waals surface area (Å²) in [5.74, 6) is 0.789. The van der Waals surface area contributed by atoms with Crippen molar-refractivity contribution in [1.29, 1.82) is 0 Å². The van der Waals surface area contributed by atoms with Crippen LogP contribution in [0.2, 0.25) is 0 Å². The number of hydrogen-bond acceptors (Lipinski definition) is 5. The molecule has 2 saturated carbocycles. The van der Waals surface area contributed by atoms with Gasteiger partial charge in [0.2, 0.25) is 9.84 Å². The van der Waals surface area contributed by atoms with Crippen molar-refractivity contribution in [2.45, 2.75) is 112 Å². The summed E-state index contributed by atoms with van der Waals surface area (Å²) in [4.78, 5) is 17.6. The number of nitrogens with zero attached hydrogens (tertiary/aromatic N) is 2. The summed E-state index contributed by atoms with van der Waals surface area (Å²) in [6, 6.07) is 34.2. The second-order valence-electron chi connectivity index (χ2n) is 14.7. The molecule has 0 N–H and O–H groups in total. The van der Waals surface area contributed by atoms with E-state index >= 15 is 0 Å². The van der Waals surface area contributed by atoms with Gasteiger partial charge < -0.3 is 9.30 Å². The number of sulfone groups is 1. The maximum atomic E-state index is 15.0. The Morgan fingerprint density at radius 1 is 0.808 bits per heavy atom. The molecule has 0 saturated heterocycles. The van der Waals surface area contributed by atoms with Gasteiger partial charge in [-0.3, -0.25) is 4.79 Å². The van der Waals surface area contributed by atoms with E-state index in [1.54, 1.807) is 18.6 Å². The molecule has 5 aromatic rings. The first-order valence-corrected chi connectivity index (χ1v) is 20.6. The Balaban J connectivity index is 1.39. The summed E-state index contributed by atoms with van der Waals surface area (Å²) >= 11 is 0. The quantitative estimate of drug-likeness (QED) is 0.0495. The van der Waals surface area contributed by atoms with Gasteiger partial charge in [0.25, 0.3) is 0 Å². The molecule has 0 bridgehead atoms. The van der Waals surface area contributed by atoms with Gasteiger partial charge in [0.1, 0.15) is 11.3 Å². The molecule has 52 heavy (non-hydrogen) atoms. The first-order chi connectivity index (χ1) is 25.4. The number of carbonyl (C=O) groups is 1. The van der Waals surface area contributed by atoms with Crippen LogP contribution in [0.5, 0.6) is 5.75 Å². The summed E-state index contributed by atoms with van der Waals surface area (Å²) < 4.78 is 38.0. The Hall–Kier alpha value is -4.49. The highest BCUT2D eigenvalue weighted by atomic mass is 32.2. The first kappa shape index (κ1) is 35.9. The lowest BCUT2D eigenvalue weighted by Crippen LogP contribution is -2.37. The van der Waals surface area contributed by atoms with Crippen molar-refractivity contribution in [2.75, 3.05) is 0 Å². The number of hydrogen-bond donors (Lipinski definition) is 0. The molecule has 0 amide bonds. The summed E-state index contributed by atoms with van der Waals surface area (Å²) in [7, 11) is -4.13. The Labute approximate surface area is 309 Å². The van der Waals surface area contributed by atoms with Crippen molar-refractivity contribution in [3.8, 4) is 5.75 Å². The fourth-order valence-corrected chi connectivity index (χ4v) is 10.1. The minimum absolute atomic E-state index is 0.0147. The van der Waals surface area contributed by atoms with E-state index in [-0.39, 0.29) is 21.8 Å². The van der Waals surface area contributed by atoms with Crippen LogP contribution >= 0.6 is 0 Å². The second-order valence-corrected chi connectivity index (χ2v) is 16.6. The van der Waals surface area contributed by atoms with E-state index in [2.05, 4.69) is 48.3 Å². The first-order valence-electron chi connectivity index (χ1n) is 19.2. The fraction of sp³-hybridized carbons (Fsp3) is 0.378. The molecule has 0 radical (unpaired) electrons. The molecular formula is C45H50N2O4S. The molecule has 7 rings (SSSR count). The third-order valence-corrected chi connectivity index (χ3v) is 12.9. The Bertz CT molecular complexity index is 1970. The number of unbranched alkanes of at least 4 members (excludes halogenated alkanes) is 2. The third kappa shape index (κ3) is 7.00. The largest absolute Gasteiger partial charge is 0.426 e. The van der Waals surface area contributed by atoms with E-state index in [0.29, 0.717) is 17.2 Å². The summed E-state index contributed by atoms with van der Waals surface area (Å²) in [5, 5.41) is -0.0325. The monoisotopic (exact) mass is 714 g/mol. The molecule has 2 fully saturated rings. The molecule has 270 valence electrons. The molecular weight excluding hydrogens is 665 g/mol. The lowest BCUT2D eigenvalue weighted by molar-refractivity contribution is -0.132. The zero-order chi connectivity index (χ0) is 36.1. The molecule has 1 aromatic heterocycles. The van der Waals surface area contributed by atoms with Gasteiger partial charge in [0.15, 0.2) is 5.03 Å². The van der Waals surface area contributed by atoms with E-state index in [1.807, 2.05) is 65.2 Å². The van der Waals surface area contributed by atoms with E-state index in [1.165, 1.54) is 26.2 Å². The average molecular weight is 715 g/mol. The smallest absolute Gasteiger partial charge is 0.308 e. The molecule has 6 nitrogen and oxygen atoms in total. The Morgan fingerprint density at radius 2 is 1.38 bits per heavy atom. The molecule has 4 aromatic carbocycles. The van der Waals surface area contributed by atoms with Crippen LogP contribution in [-0.2, 0) is 20.2 Å². The molecule has 0 aliphatic heterocycles. The van der Waals surface area contributed by atoms with Crippen LogP contribution in [0.3, 0.4) is 0 Å². The maximum absolute atomic E-state index is 15.0. The highest BCUT2D eigenvalue weighted by Crippen LogP contribution is 2.53. The number of imidazole rings is 1. The van der Waals surface area contributed by atoms with Crippen LogP contribution in [0.4, 0.5) is 0 Å². The number of esters is 1. The number of carbonyl (C=O) groups excluding carboxylic acids is 1. The highest BCUT2D eigenvalue weighted by molar-refractivity contribution is 7.91. The second kappa shape index (κ2) is 15.6. The SMILES string of the molecule is CCCCC[C@H](c1ccc(S(=O)(=O)c2cn(C(c3ccccc3)(c3ccccc3)c3ccccc3)cn2)c(C2CC2)c1OC(C)=O)C1CCCCC1. The van der Waals surface area contributed by atoms with Crippen LogP contribution in [0.1, 0.15) is 124 Å². The lowest BCUT2D eigenvalue weighted by atomic mass is 9.74. The molecule has 1 atom stereocenters. The van der Waals surface area contributed by atoms with Crippen molar-refractivity contribution in [3.05, 3.63) is 143 Å². The lowest BCUT2D eigenvalue weighted by Gasteiger charge is -2.37. The average Bonchev–Trinajstić information content (AvgIpc) is 3.90. The van der Waals surface area contributed by atoms with E-state index < -0.39 is 21.3 Å². The molecule has 2 aliphatic rings. The standard InChI is InChI=1S/C45H50N2O4S/c1-3-4-9-26-39(34-18-10-5-11-19-34)40-29-30-41(43(35-27-28-35)44(40)51-33(2)48)52(49,50)42-31-47(32-46-42)45(36-20-12-6-13-21-36,37-22-14-7-15-23-37)38-24-16-8-17-25-38/h6-8,12-17,20-25,29-32,34-35,39H,3-5,9-11,18-19,26-28H2,1-2H3/t39-/m0/s1. The zero-order valence-electron chi connectivity index (χ0n) is 30.4. The number of ether oxygens (including phenoxy) is 1. The summed E-state index contributed by atoms with van der Waals surface area (Å²) in [5.41, 5.74) is 3.68. The Kier molecular flexibility index (Phi) is 10.8. The van der Waals surface area contributed by atoms with Crippen molar-refractivity contribution < 1.29 is 17.9 Å². The molecule has 0 unspecified atom stereocenters. The van der Waals surface area contributed by atoms with Crippen molar-refractivity contribution in [2.24, 2.45) is 5.92 Å². The van der Waals surface area contributed by atoms with Gasteiger partial charge in [-0.15, -0.1) is 0 Å². The predicted octanol–water partition coefficient (Wildman–Crippen LogP) is 10.6. The van der Waals surface area contributed by atoms with Gasteiger partial charge >= 0.3 is 5.97 Å². The minimum Gasteiger partial charge on any atom is -0.426 e. The third-order valence-electron chi connectivity index (χ3n) is 11.2. The molecule has 1 heterocycles. The Morgan fingerprint density at radius 3 is 1.90 bits per heavy atom. The van der Waals surface area contributed by atoms with Gasteiger partial charge in [-0.25, -0.2) is 13.4 Å². The van der Waals surface area contributed by atoms with Gasteiger partial charge in [0, 0.05) is 18.7 Å². The van der Waals surface area contributed by atoms with Crippen LogP contribution in [0.25, 0.3) is 0 Å². The maximum Gasteiger partial charge on any atom is 0.308 e. The topological polar surface area (TPSA) is 78.3 Å². The van der Waals surface area contributed by atoms with Gasteiger partial charge in [-0.1, -0.05) is 143 Å². The van der Waals surface area contributed by atoms with Crippen molar-refractivity contribution in [1.82, 2.24) is 9.55 Å². The number of rotatable bonds is 14. The van der Waals surface area contributed by atoms with Crippen LogP contribution in [-0.4, -0.2) is 23.9 Å². The highest BCUT2D eigenvalue weighted by Gasteiger charge is 2.42. The van der Waals surface area contributed by atoms with Gasteiger partial charge in [0.05, 0.1) is 11.2 Å².